The van der Waals surface area contributed by atoms with Gasteiger partial charge in [0.05, 0.1) is 17.0 Å². The predicted octanol–water partition coefficient (Wildman–Crippen LogP) is 1.82. The molecule has 1 aromatic heterocycles. The van der Waals surface area contributed by atoms with E-state index in [0.29, 0.717) is 5.69 Å². The van der Waals surface area contributed by atoms with Gasteiger partial charge >= 0.3 is 5.97 Å². The molecule has 0 aromatic carbocycles. The minimum atomic E-state index is -1.02. The number of nitrogens with zero attached hydrogens (tertiary/aromatic N) is 2. The van der Waals surface area contributed by atoms with Crippen LogP contribution in [-0.4, -0.2) is 20.9 Å². The zero-order valence-corrected chi connectivity index (χ0v) is 9.53. The smallest absolute Gasteiger partial charge is 0.337 e. The highest BCUT2D eigenvalue weighted by molar-refractivity contribution is 6.13. The molecule has 0 unspecified atom stereocenters. The summed E-state index contributed by atoms with van der Waals surface area (Å²) in [4.78, 5) is 10.8. The second kappa shape index (κ2) is 3.53. The Balaban J connectivity index is 3.18. The van der Waals surface area contributed by atoms with Crippen LogP contribution >= 0.6 is 0 Å². The summed E-state index contributed by atoms with van der Waals surface area (Å²) < 4.78 is 1.55. The molecule has 0 bridgehead atoms. The van der Waals surface area contributed by atoms with Crippen LogP contribution in [0.3, 0.4) is 0 Å². The molecule has 0 aliphatic rings. The number of aromatic nitrogens is 2. The van der Waals surface area contributed by atoms with Gasteiger partial charge in [0.1, 0.15) is 0 Å². The lowest BCUT2D eigenvalue weighted by molar-refractivity contribution is -0.130. The Kier molecular flexibility index (Phi) is 2.71. The first kappa shape index (κ1) is 11.5. The number of aliphatic carboxylic acids is 1. The summed E-state index contributed by atoms with van der Waals surface area (Å²) in [5.74, 6) is -1.02. The van der Waals surface area contributed by atoms with E-state index in [9.17, 15) is 4.79 Å². The van der Waals surface area contributed by atoms with Crippen LogP contribution in [0.2, 0.25) is 0 Å². The summed E-state index contributed by atoms with van der Waals surface area (Å²) in [7, 11) is 1.72. The van der Waals surface area contributed by atoms with E-state index in [-0.39, 0.29) is 11.0 Å². The van der Waals surface area contributed by atoms with Crippen molar-refractivity contribution in [2.75, 3.05) is 0 Å². The van der Waals surface area contributed by atoms with Crippen LogP contribution in [0.5, 0.6) is 0 Å². The first-order valence-electron chi connectivity index (χ1n) is 4.70. The van der Waals surface area contributed by atoms with E-state index in [2.05, 4.69) is 11.7 Å². The average Bonchev–Trinajstić information content (AvgIpc) is 2.45. The molecule has 1 heterocycles. The highest BCUT2D eigenvalue weighted by Gasteiger charge is 2.21. The monoisotopic (exact) mass is 208 g/mol. The van der Waals surface area contributed by atoms with Crippen LogP contribution in [-0.2, 0) is 17.3 Å². The van der Waals surface area contributed by atoms with Crippen molar-refractivity contribution >= 4 is 11.5 Å². The number of carbonyl (C=O) groups is 1. The van der Waals surface area contributed by atoms with Crippen molar-refractivity contribution in [2.45, 2.75) is 26.2 Å². The molecule has 0 radical (unpaired) electrons. The van der Waals surface area contributed by atoms with E-state index >= 15 is 0 Å². The minimum Gasteiger partial charge on any atom is -0.478 e. The van der Waals surface area contributed by atoms with E-state index in [1.54, 1.807) is 17.8 Å². The molecule has 1 N–H and O–H groups in total. The Hall–Kier alpha value is -1.58. The first-order valence-corrected chi connectivity index (χ1v) is 4.70. The molecule has 0 aliphatic carbocycles. The lowest BCUT2D eigenvalue weighted by atomic mass is 9.92. The lowest BCUT2D eigenvalue weighted by Gasteiger charge is -2.13. The van der Waals surface area contributed by atoms with E-state index in [1.807, 2.05) is 20.8 Å². The zero-order valence-electron chi connectivity index (χ0n) is 9.53. The Morgan fingerprint density at radius 3 is 2.40 bits per heavy atom. The molecule has 0 spiro atoms. The third-order valence-corrected chi connectivity index (χ3v) is 2.22. The van der Waals surface area contributed by atoms with Gasteiger partial charge in [-0.2, -0.15) is 5.10 Å². The molecule has 0 amide bonds. The molecule has 4 nitrogen and oxygen atoms in total. The second-order valence-electron chi connectivity index (χ2n) is 4.57. The van der Waals surface area contributed by atoms with Crippen LogP contribution in [0.25, 0.3) is 5.57 Å². The van der Waals surface area contributed by atoms with Crippen LogP contribution in [0.4, 0.5) is 0 Å². The average molecular weight is 208 g/mol. The molecule has 15 heavy (non-hydrogen) atoms. The summed E-state index contributed by atoms with van der Waals surface area (Å²) in [6.45, 7) is 9.61. The summed E-state index contributed by atoms with van der Waals surface area (Å²) >= 11 is 0. The van der Waals surface area contributed by atoms with Crippen molar-refractivity contribution in [1.29, 1.82) is 0 Å². The highest BCUT2D eigenvalue weighted by Crippen LogP contribution is 2.23. The Morgan fingerprint density at radius 1 is 1.53 bits per heavy atom. The maximum absolute atomic E-state index is 10.8. The number of aryl methyl sites for hydroxylation is 1. The molecule has 0 atom stereocenters. The zero-order chi connectivity index (χ0) is 11.8. The molecular formula is C11H16N2O2. The number of hydrogen-bond acceptors (Lipinski definition) is 2. The van der Waals surface area contributed by atoms with E-state index in [0.717, 1.165) is 5.69 Å². The van der Waals surface area contributed by atoms with Gasteiger partial charge in [0.25, 0.3) is 0 Å². The standard InChI is InChI=1S/C11H16N2O2/c1-7(10(14)15)8-6-9(11(2,3)4)12-13(8)5/h6H,1H2,2-5H3,(H,14,15). The summed E-state index contributed by atoms with van der Waals surface area (Å²) in [6.07, 6.45) is 0. The summed E-state index contributed by atoms with van der Waals surface area (Å²) in [5.41, 5.74) is 1.39. The molecule has 4 heteroatoms. The first-order chi connectivity index (χ1) is 6.73. The van der Waals surface area contributed by atoms with E-state index in [4.69, 9.17) is 5.11 Å². The molecule has 0 saturated heterocycles. The van der Waals surface area contributed by atoms with Gasteiger partial charge in [-0.05, 0) is 6.07 Å². The molecule has 0 saturated carbocycles. The van der Waals surface area contributed by atoms with Gasteiger partial charge in [-0.1, -0.05) is 27.4 Å². The quantitative estimate of drug-likeness (QED) is 0.754. The number of carboxylic acids is 1. The van der Waals surface area contributed by atoms with Crippen LogP contribution in [0.15, 0.2) is 12.6 Å². The normalized spacial score (nSPS) is 11.5. The molecular weight excluding hydrogens is 192 g/mol. The molecule has 0 aliphatic heterocycles. The number of hydrogen-bond donors (Lipinski definition) is 1. The largest absolute Gasteiger partial charge is 0.478 e. The van der Waals surface area contributed by atoms with Gasteiger partial charge in [-0.25, -0.2) is 4.79 Å². The van der Waals surface area contributed by atoms with Crippen molar-refractivity contribution < 1.29 is 9.90 Å². The number of carboxylic acid groups (broad SMARTS) is 1. The summed E-state index contributed by atoms with van der Waals surface area (Å²) in [5, 5.41) is 13.1. The van der Waals surface area contributed by atoms with Gasteiger partial charge in [-0.3, -0.25) is 4.68 Å². The number of rotatable bonds is 2. The third kappa shape index (κ3) is 2.26. The van der Waals surface area contributed by atoms with Gasteiger partial charge in [0.15, 0.2) is 0 Å². The van der Waals surface area contributed by atoms with Crippen molar-refractivity contribution in [3.8, 4) is 0 Å². The molecule has 0 fully saturated rings. The summed E-state index contributed by atoms with van der Waals surface area (Å²) in [6, 6.07) is 1.77. The molecule has 82 valence electrons. The SMILES string of the molecule is C=C(C(=O)O)c1cc(C(C)(C)C)nn1C. The van der Waals surface area contributed by atoms with Crippen LogP contribution < -0.4 is 0 Å². The topological polar surface area (TPSA) is 55.1 Å². The van der Waals surface area contributed by atoms with Crippen molar-refractivity contribution in [3.63, 3.8) is 0 Å². The fraction of sp³-hybridized carbons (Fsp3) is 0.455. The molecule has 1 rings (SSSR count). The van der Waals surface area contributed by atoms with Gasteiger partial charge < -0.3 is 5.11 Å². The highest BCUT2D eigenvalue weighted by atomic mass is 16.4. The fourth-order valence-electron chi connectivity index (χ4n) is 1.23. The van der Waals surface area contributed by atoms with Crippen molar-refractivity contribution in [1.82, 2.24) is 9.78 Å². The second-order valence-corrected chi connectivity index (χ2v) is 4.57. The third-order valence-electron chi connectivity index (χ3n) is 2.22. The van der Waals surface area contributed by atoms with E-state index in [1.165, 1.54) is 0 Å². The lowest BCUT2D eigenvalue weighted by Crippen LogP contribution is -2.12. The minimum absolute atomic E-state index is 0.0699. The molecule has 1 aromatic rings. The van der Waals surface area contributed by atoms with Crippen LogP contribution in [0.1, 0.15) is 32.2 Å². The maximum atomic E-state index is 10.8. The van der Waals surface area contributed by atoms with Gasteiger partial charge in [-0.15, -0.1) is 0 Å². The Labute approximate surface area is 89.2 Å². The van der Waals surface area contributed by atoms with Crippen LogP contribution in [0, 0.1) is 0 Å². The predicted molar refractivity (Wildman–Crippen MR) is 58.6 cm³/mol. The maximum Gasteiger partial charge on any atom is 0.337 e. The Morgan fingerprint density at radius 2 is 2.07 bits per heavy atom. The van der Waals surface area contributed by atoms with Crippen molar-refractivity contribution in [3.05, 3.63) is 24.0 Å². The Bertz CT molecular complexity index is 411. The fourth-order valence-corrected chi connectivity index (χ4v) is 1.23. The van der Waals surface area contributed by atoms with E-state index < -0.39 is 5.97 Å². The van der Waals surface area contributed by atoms with Gasteiger partial charge in [0.2, 0.25) is 0 Å². The van der Waals surface area contributed by atoms with Gasteiger partial charge in [0, 0.05) is 12.5 Å². The van der Waals surface area contributed by atoms with Crippen molar-refractivity contribution in [2.24, 2.45) is 7.05 Å².